The lowest BCUT2D eigenvalue weighted by atomic mass is 10.1. The Labute approximate surface area is 148 Å². The fourth-order valence-corrected chi connectivity index (χ4v) is 2.62. The second-order valence-corrected chi connectivity index (χ2v) is 5.89. The van der Waals surface area contributed by atoms with Crippen LogP contribution in [0.5, 0.6) is 0 Å². The minimum Gasteiger partial charge on any atom is -0.465 e. The van der Waals surface area contributed by atoms with Crippen LogP contribution in [-0.2, 0) is 16.0 Å². The van der Waals surface area contributed by atoms with E-state index >= 15 is 0 Å². The van der Waals surface area contributed by atoms with Crippen molar-refractivity contribution in [2.24, 2.45) is 0 Å². The maximum absolute atomic E-state index is 12.3. The molecule has 0 spiro atoms. The lowest BCUT2D eigenvalue weighted by Gasteiger charge is -2.14. The highest BCUT2D eigenvalue weighted by atomic mass is 16.5. The van der Waals surface area contributed by atoms with Crippen LogP contribution in [0.2, 0.25) is 0 Å². The molecule has 0 saturated heterocycles. The Morgan fingerprint density at radius 3 is 2.52 bits per heavy atom. The van der Waals surface area contributed by atoms with E-state index in [1.807, 2.05) is 38.1 Å². The van der Waals surface area contributed by atoms with Crippen molar-refractivity contribution in [1.29, 1.82) is 0 Å². The van der Waals surface area contributed by atoms with E-state index in [0.29, 0.717) is 5.56 Å². The molecule has 0 aromatic heterocycles. The SMILES string of the molecule is CCc1cccc(C)c1NC(=O)CNc1cc(C(=O)OC)ccc1C. The van der Waals surface area contributed by atoms with E-state index in [9.17, 15) is 9.59 Å². The summed E-state index contributed by atoms with van der Waals surface area (Å²) in [6.45, 7) is 6.07. The number of carbonyl (C=O) groups excluding carboxylic acids is 2. The summed E-state index contributed by atoms with van der Waals surface area (Å²) >= 11 is 0. The molecular weight excluding hydrogens is 316 g/mol. The Kier molecular flexibility index (Phi) is 6.17. The molecule has 0 unspecified atom stereocenters. The number of anilines is 2. The highest BCUT2D eigenvalue weighted by Crippen LogP contribution is 2.21. The number of esters is 1. The van der Waals surface area contributed by atoms with Gasteiger partial charge in [-0.25, -0.2) is 4.79 Å². The van der Waals surface area contributed by atoms with E-state index in [2.05, 4.69) is 17.6 Å². The van der Waals surface area contributed by atoms with Crippen molar-refractivity contribution in [1.82, 2.24) is 0 Å². The lowest BCUT2D eigenvalue weighted by Crippen LogP contribution is -2.23. The zero-order valence-corrected chi connectivity index (χ0v) is 15.1. The molecule has 5 nitrogen and oxygen atoms in total. The van der Waals surface area contributed by atoms with Gasteiger partial charge in [-0.05, 0) is 49.1 Å². The van der Waals surface area contributed by atoms with E-state index in [-0.39, 0.29) is 12.5 Å². The Balaban J connectivity index is 2.07. The minimum atomic E-state index is -0.403. The largest absolute Gasteiger partial charge is 0.465 e. The predicted molar refractivity (Wildman–Crippen MR) is 100 cm³/mol. The Hall–Kier alpha value is -2.82. The smallest absolute Gasteiger partial charge is 0.337 e. The van der Waals surface area contributed by atoms with Crippen molar-refractivity contribution in [3.63, 3.8) is 0 Å². The number of carbonyl (C=O) groups is 2. The van der Waals surface area contributed by atoms with E-state index < -0.39 is 5.97 Å². The van der Waals surface area contributed by atoms with Gasteiger partial charge in [-0.1, -0.05) is 31.2 Å². The van der Waals surface area contributed by atoms with Crippen LogP contribution in [0, 0.1) is 13.8 Å². The average molecular weight is 340 g/mol. The van der Waals surface area contributed by atoms with Gasteiger partial charge in [0.15, 0.2) is 0 Å². The number of para-hydroxylation sites is 1. The minimum absolute atomic E-state index is 0.114. The second kappa shape index (κ2) is 8.33. The van der Waals surface area contributed by atoms with Crippen molar-refractivity contribution >= 4 is 23.3 Å². The average Bonchev–Trinajstić information content (AvgIpc) is 2.62. The van der Waals surface area contributed by atoms with Crippen molar-refractivity contribution in [3.8, 4) is 0 Å². The van der Waals surface area contributed by atoms with Gasteiger partial charge in [-0.15, -0.1) is 0 Å². The molecule has 5 heteroatoms. The van der Waals surface area contributed by atoms with Gasteiger partial charge >= 0.3 is 5.97 Å². The third-order valence-corrected chi connectivity index (χ3v) is 4.10. The zero-order valence-electron chi connectivity index (χ0n) is 15.1. The summed E-state index contributed by atoms with van der Waals surface area (Å²) in [4.78, 5) is 24.0. The van der Waals surface area contributed by atoms with Gasteiger partial charge in [-0.3, -0.25) is 4.79 Å². The Morgan fingerprint density at radius 1 is 1.08 bits per heavy atom. The molecule has 2 rings (SSSR count). The summed E-state index contributed by atoms with van der Waals surface area (Å²) in [5.74, 6) is -0.535. The number of methoxy groups -OCH3 is 1. The van der Waals surface area contributed by atoms with E-state index in [4.69, 9.17) is 4.74 Å². The molecule has 0 aliphatic heterocycles. The van der Waals surface area contributed by atoms with Crippen LogP contribution in [0.3, 0.4) is 0 Å². The number of benzene rings is 2. The predicted octanol–water partition coefficient (Wildman–Crippen LogP) is 3.70. The van der Waals surface area contributed by atoms with Crippen LogP contribution in [0.25, 0.3) is 0 Å². The van der Waals surface area contributed by atoms with Crippen LogP contribution in [-0.4, -0.2) is 25.5 Å². The molecule has 1 amide bonds. The Morgan fingerprint density at radius 2 is 1.84 bits per heavy atom. The fraction of sp³-hybridized carbons (Fsp3) is 0.300. The standard InChI is InChI=1S/C20H24N2O3/c1-5-15-8-6-7-14(3)19(15)22-18(23)12-21-17-11-16(20(24)25-4)10-9-13(17)2/h6-11,21H,5,12H2,1-4H3,(H,22,23). The summed E-state index contributed by atoms with van der Waals surface area (Å²) < 4.78 is 4.73. The van der Waals surface area contributed by atoms with E-state index in [1.54, 1.807) is 12.1 Å². The van der Waals surface area contributed by atoms with Gasteiger partial charge in [0, 0.05) is 11.4 Å². The number of nitrogens with one attached hydrogen (secondary N) is 2. The van der Waals surface area contributed by atoms with Crippen LogP contribution in [0.4, 0.5) is 11.4 Å². The van der Waals surface area contributed by atoms with Gasteiger partial charge in [0.2, 0.25) is 5.91 Å². The molecule has 0 aliphatic rings. The van der Waals surface area contributed by atoms with Crippen molar-refractivity contribution in [2.45, 2.75) is 27.2 Å². The molecule has 2 N–H and O–H groups in total. The Bertz CT molecular complexity index is 785. The summed E-state index contributed by atoms with van der Waals surface area (Å²) in [6, 6.07) is 11.2. The van der Waals surface area contributed by atoms with Crippen molar-refractivity contribution in [2.75, 3.05) is 24.3 Å². The van der Waals surface area contributed by atoms with Gasteiger partial charge < -0.3 is 15.4 Å². The number of ether oxygens (including phenoxy) is 1. The summed E-state index contributed by atoms with van der Waals surface area (Å²) in [7, 11) is 1.34. The maximum Gasteiger partial charge on any atom is 0.337 e. The quantitative estimate of drug-likeness (QED) is 0.787. The topological polar surface area (TPSA) is 67.4 Å². The molecule has 0 saturated carbocycles. The number of amides is 1. The lowest BCUT2D eigenvalue weighted by molar-refractivity contribution is -0.114. The second-order valence-electron chi connectivity index (χ2n) is 5.89. The van der Waals surface area contributed by atoms with Gasteiger partial charge in [0.05, 0.1) is 19.2 Å². The maximum atomic E-state index is 12.3. The molecular formula is C20H24N2O3. The fourth-order valence-electron chi connectivity index (χ4n) is 2.62. The van der Waals surface area contributed by atoms with Crippen molar-refractivity contribution in [3.05, 3.63) is 58.7 Å². The number of hydrogen-bond donors (Lipinski definition) is 2. The summed E-state index contributed by atoms with van der Waals surface area (Å²) in [5, 5.41) is 6.06. The number of rotatable bonds is 6. The molecule has 0 aliphatic carbocycles. The summed E-state index contributed by atoms with van der Waals surface area (Å²) in [5.41, 5.74) is 5.15. The first-order valence-corrected chi connectivity index (χ1v) is 8.27. The molecule has 0 radical (unpaired) electrons. The molecule has 0 fully saturated rings. The van der Waals surface area contributed by atoms with Gasteiger partial charge in [0.1, 0.15) is 0 Å². The van der Waals surface area contributed by atoms with E-state index in [0.717, 1.165) is 34.5 Å². The molecule has 2 aromatic carbocycles. The normalized spacial score (nSPS) is 10.2. The van der Waals surface area contributed by atoms with Crippen LogP contribution in [0.1, 0.15) is 34.0 Å². The highest BCUT2D eigenvalue weighted by molar-refractivity contribution is 5.96. The number of aryl methyl sites for hydroxylation is 3. The molecule has 132 valence electrons. The zero-order chi connectivity index (χ0) is 18.4. The first kappa shape index (κ1) is 18.5. The first-order valence-electron chi connectivity index (χ1n) is 8.27. The van der Waals surface area contributed by atoms with Crippen LogP contribution < -0.4 is 10.6 Å². The van der Waals surface area contributed by atoms with Gasteiger partial charge in [0.25, 0.3) is 0 Å². The van der Waals surface area contributed by atoms with E-state index in [1.165, 1.54) is 7.11 Å². The molecule has 0 bridgehead atoms. The molecule has 2 aromatic rings. The highest BCUT2D eigenvalue weighted by Gasteiger charge is 2.11. The van der Waals surface area contributed by atoms with Crippen LogP contribution in [0.15, 0.2) is 36.4 Å². The monoisotopic (exact) mass is 340 g/mol. The molecule has 25 heavy (non-hydrogen) atoms. The number of hydrogen-bond acceptors (Lipinski definition) is 4. The molecule has 0 atom stereocenters. The molecule has 0 heterocycles. The van der Waals surface area contributed by atoms with Gasteiger partial charge in [-0.2, -0.15) is 0 Å². The van der Waals surface area contributed by atoms with Crippen molar-refractivity contribution < 1.29 is 14.3 Å². The third kappa shape index (κ3) is 4.59. The first-order chi connectivity index (χ1) is 12.0. The summed E-state index contributed by atoms with van der Waals surface area (Å²) in [6.07, 6.45) is 0.852. The third-order valence-electron chi connectivity index (χ3n) is 4.10. The van der Waals surface area contributed by atoms with Crippen LogP contribution >= 0.6 is 0 Å².